The molecule has 1 saturated heterocycles. The van der Waals surface area contributed by atoms with Gasteiger partial charge < -0.3 is 10.6 Å². The molecule has 1 heterocycles. The number of piperidine rings is 1. The average Bonchev–Trinajstić information content (AvgIpc) is 2.29. The van der Waals surface area contributed by atoms with Gasteiger partial charge in [-0.15, -0.1) is 0 Å². The number of rotatable bonds is 2. The van der Waals surface area contributed by atoms with Crippen LogP contribution in [-0.4, -0.2) is 19.6 Å². The lowest BCUT2D eigenvalue weighted by atomic mass is 9.97. The van der Waals surface area contributed by atoms with Crippen LogP contribution < -0.4 is 10.6 Å². The first-order valence-electron chi connectivity index (χ1n) is 5.92. The molecule has 0 amide bonds. The number of aryl methyl sites for hydroxylation is 1. The van der Waals surface area contributed by atoms with Gasteiger partial charge in [0.2, 0.25) is 0 Å². The van der Waals surface area contributed by atoms with Gasteiger partial charge in [-0.1, -0.05) is 6.07 Å². The number of nitrogens with zero attached hydrogens (tertiary/aromatic N) is 1. The maximum Gasteiger partial charge on any atom is 0.146 e. The van der Waals surface area contributed by atoms with Crippen LogP contribution in [0.2, 0.25) is 0 Å². The van der Waals surface area contributed by atoms with E-state index in [2.05, 4.69) is 4.90 Å². The highest BCUT2D eigenvalue weighted by atomic mass is 19.1. The second-order valence-corrected chi connectivity index (χ2v) is 4.64. The third kappa shape index (κ3) is 2.35. The van der Waals surface area contributed by atoms with E-state index in [1.54, 1.807) is 6.07 Å². The van der Waals surface area contributed by atoms with E-state index in [1.807, 2.05) is 19.1 Å². The fraction of sp³-hybridized carbons (Fsp3) is 0.538. The van der Waals surface area contributed by atoms with Crippen LogP contribution in [0.3, 0.4) is 0 Å². The zero-order chi connectivity index (χ0) is 11.5. The van der Waals surface area contributed by atoms with Crippen molar-refractivity contribution in [1.82, 2.24) is 0 Å². The minimum absolute atomic E-state index is 0.113. The Bertz CT molecular complexity index is 365. The van der Waals surface area contributed by atoms with Gasteiger partial charge >= 0.3 is 0 Å². The molecule has 3 heteroatoms. The Morgan fingerprint density at radius 3 is 3.00 bits per heavy atom. The smallest absolute Gasteiger partial charge is 0.146 e. The molecule has 1 aliphatic heterocycles. The minimum atomic E-state index is -0.113. The van der Waals surface area contributed by atoms with Crippen LogP contribution in [-0.2, 0) is 0 Å². The van der Waals surface area contributed by atoms with Crippen LogP contribution >= 0.6 is 0 Å². The molecule has 1 atom stereocenters. The summed E-state index contributed by atoms with van der Waals surface area (Å²) in [5.74, 6) is 0.395. The molecule has 1 unspecified atom stereocenters. The molecule has 88 valence electrons. The van der Waals surface area contributed by atoms with Crippen LogP contribution in [0.15, 0.2) is 18.2 Å². The number of halogens is 1. The Hall–Kier alpha value is -1.09. The van der Waals surface area contributed by atoms with Crippen molar-refractivity contribution in [3.8, 4) is 0 Å². The molecule has 1 fully saturated rings. The van der Waals surface area contributed by atoms with Gasteiger partial charge in [-0.3, -0.25) is 0 Å². The summed E-state index contributed by atoms with van der Waals surface area (Å²) in [7, 11) is 0. The largest absolute Gasteiger partial charge is 0.369 e. The zero-order valence-electron chi connectivity index (χ0n) is 9.75. The average molecular weight is 222 g/mol. The Kier molecular flexibility index (Phi) is 3.44. The summed E-state index contributed by atoms with van der Waals surface area (Å²) >= 11 is 0. The highest BCUT2D eigenvalue weighted by Crippen LogP contribution is 2.25. The molecular weight excluding hydrogens is 203 g/mol. The summed E-state index contributed by atoms with van der Waals surface area (Å²) < 4.78 is 13.8. The van der Waals surface area contributed by atoms with E-state index < -0.39 is 0 Å². The summed E-state index contributed by atoms with van der Waals surface area (Å²) in [5, 5.41) is 0. The van der Waals surface area contributed by atoms with Gasteiger partial charge in [0, 0.05) is 13.1 Å². The predicted octanol–water partition coefficient (Wildman–Crippen LogP) is 2.31. The van der Waals surface area contributed by atoms with Gasteiger partial charge in [0.1, 0.15) is 5.82 Å². The van der Waals surface area contributed by atoms with E-state index in [4.69, 9.17) is 5.73 Å². The van der Waals surface area contributed by atoms with Crippen molar-refractivity contribution < 1.29 is 4.39 Å². The molecule has 0 bridgehead atoms. The van der Waals surface area contributed by atoms with Crippen molar-refractivity contribution in [1.29, 1.82) is 0 Å². The molecule has 2 nitrogen and oxygen atoms in total. The van der Waals surface area contributed by atoms with Crippen LogP contribution in [0.1, 0.15) is 18.4 Å². The molecule has 0 aliphatic carbocycles. The van der Waals surface area contributed by atoms with E-state index in [0.29, 0.717) is 12.5 Å². The fourth-order valence-electron chi connectivity index (χ4n) is 2.34. The second kappa shape index (κ2) is 4.83. The second-order valence-electron chi connectivity index (χ2n) is 4.64. The summed E-state index contributed by atoms with van der Waals surface area (Å²) in [6.07, 6.45) is 2.27. The van der Waals surface area contributed by atoms with Gasteiger partial charge in [0.15, 0.2) is 0 Å². The molecular formula is C13H19FN2. The van der Waals surface area contributed by atoms with E-state index in [1.165, 1.54) is 6.42 Å². The molecule has 16 heavy (non-hydrogen) atoms. The van der Waals surface area contributed by atoms with Crippen LogP contribution in [0, 0.1) is 18.7 Å². The molecule has 1 aromatic carbocycles. The van der Waals surface area contributed by atoms with Crippen molar-refractivity contribution in [2.24, 2.45) is 11.7 Å². The topological polar surface area (TPSA) is 29.3 Å². The lowest BCUT2D eigenvalue weighted by Crippen LogP contribution is -2.38. The molecule has 2 N–H and O–H groups in total. The van der Waals surface area contributed by atoms with E-state index in [9.17, 15) is 4.39 Å². The van der Waals surface area contributed by atoms with Crippen LogP contribution in [0.4, 0.5) is 10.1 Å². The molecule has 1 aliphatic rings. The molecule has 0 spiro atoms. The first-order chi connectivity index (χ1) is 7.70. The highest BCUT2D eigenvalue weighted by molar-refractivity contribution is 5.49. The molecule has 0 aromatic heterocycles. The third-order valence-electron chi connectivity index (χ3n) is 3.30. The van der Waals surface area contributed by atoms with Gasteiger partial charge in [-0.05, 0) is 49.9 Å². The van der Waals surface area contributed by atoms with E-state index in [-0.39, 0.29) is 5.82 Å². The lowest BCUT2D eigenvalue weighted by molar-refractivity contribution is 0.420. The van der Waals surface area contributed by atoms with Gasteiger partial charge in [-0.2, -0.15) is 0 Å². The van der Waals surface area contributed by atoms with E-state index >= 15 is 0 Å². The van der Waals surface area contributed by atoms with Crippen molar-refractivity contribution in [3.63, 3.8) is 0 Å². The predicted molar refractivity (Wildman–Crippen MR) is 65.1 cm³/mol. The Morgan fingerprint density at radius 1 is 1.50 bits per heavy atom. The first-order valence-corrected chi connectivity index (χ1v) is 5.92. The van der Waals surface area contributed by atoms with Crippen molar-refractivity contribution >= 4 is 5.69 Å². The molecule has 1 aromatic rings. The summed E-state index contributed by atoms with van der Waals surface area (Å²) in [6.45, 7) is 4.43. The van der Waals surface area contributed by atoms with E-state index in [0.717, 1.165) is 30.8 Å². The lowest BCUT2D eigenvalue weighted by Gasteiger charge is -2.34. The maximum absolute atomic E-state index is 13.8. The van der Waals surface area contributed by atoms with Crippen LogP contribution in [0.25, 0.3) is 0 Å². The number of benzene rings is 1. The summed E-state index contributed by atoms with van der Waals surface area (Å²) in [6, 6.07) is 5.44. The summed E-state index contributed by atoms with van der Waals surface area (Å²) in [5.41, 5.74) is 7.38. The SMILES string of the molecule is Cc1ccc(N2CCCC(CN)C2)c(F)c1. The standard InChI is InChI=1S/C13H19FN2/c1-10-4-5-13(12(14)7-10)16-6-2-3-11(8-15)9-16/h4-5,7,11H,2-3,6,8-9,15H2,1H3. The Labute approximate surface area is 96.2 Å². The van der Waals surface area contributed by atoms with Crippen molar-refractivity contribution in [3.05, 3.63) is 29.6 Å². The zero-order valence-corrected chi connectivity index (χ0v) is 9.75. The molecule has 0 radical (unpaired) electrons. The van der Waals surface area contributed by atoms with Crippen LogP contribution in [0.5, 0.6) is 0 Å². The van der Waals surface area contributed by atoms with Gasteiger partial charge in [0.05, 0.1) is 5.69 Å². The van der Waals surface area contributed by atoms with Crippen molar-refractivity contribution in [2.75, 3.05) is 24.5 Å². The van der Waals surface area contributed by atoms with Crippen molar-refractivity contribution in [2.45, 2.75) is 19.8 Å². The quantitative estimate of drug-likeness (QED) is 0.832. The normalized spacial score (nSPS) is 21.2. The van der Waals surface area contributed by atoms with Gasteiger partial charge in [0.25, 0.3) is 0 Å². The Balaban J connectivity index is 2.16. The van der Waals surface area contributed by atoms with Gasteiger partial charge in [-0.25, -0.2) is 4.39 Å². The number of anilines is 1. The highest BCUT2D eigenvalue weighted by Gasteiger charge is 2.20. The number of nitrogens with two attached hydrogens (primary N) is 1. The number of hydrogen-bond donors (Lipinski definition) is 1. The third-order valence-corrected chi connectivity index (χ3v) is 3.30. The molecule has 2 rings (SSSR count). The maximum atomic E-state index is 13.8. The Morgan fingerprint density at radius 2 is 2.31 bits per heavy atom. The summed E-state index contributed by atoms with van der Waals surface area (Å²) in [4.78, 5) is 2.12. The monoisotopic (exact) mass is 222 g/mol. The first kappa shape index (κ1) is 11.4. The molecule has 0 saturated carbocycles. The minimum Gasteiger partial charge on any atom is -0.369 e. The fourth-order valence-corrected chi connectivity index (χ4v) is 2.34. The number of hydrogen-bond acceptors (Lipinski definition) is 2.